The maximum absolute atomic E-state index is 5.88. The molecule has 0 radical (unpaired) electrons. The highest BCUT2D eigenvalue weighted by Crippen LogP contribution is 2.40. The number of ether oxygens (including phenoxy) is 2. The predicted octanol–water partition coefficient (Wildman–Crippen LogP) is 4.63. The Kier molecular flexibility index (Phi) is 4.77. The summed E-state index contributed by atoms with van der Waals surface area (Å²) in [5.74, 6) is 2.18. The summed E-state index contributed by atoms with van der Waals surface area (Å²) in [6.45, 7) is 7.10. The molecule has 7 heteroatoms. The van der Waals surface area contributed by atoms with Crippen molar-refractivity contribution < 1.29 is 9.47 Å². The van der Waals surface area contributed by atoms with Gasteiger partial charge in [0, 0.05) is 5.56 Å². The second-order valence-electron chi connectivity index (χ2n) is 5.94. The van der Waals surface area contributed by atoms with Crippen molar-refractivity contribution in [1.82, 2.24) is 19.8 Å². The van der Waals surface area contributed by atoms with Gasteiger partial charge in [-0.2, -0.15) is 9.61 Å². The zero-order chi connectivity index (χ0) is 18.8. The molecule has 27 heavy (non-hydrogen) atoms. The van der Waals surface area contributed by atoms with Crippen LogP contribution < -0.4 is 9.47 Å². The average molecular weight is 380 g/mol. The summed E-state index contributed by atoms with van der Waals surface area (Å²) in [5, 5.41) is 14.2. The molecule has 138 valence electrons. The fourth-order valence-corrected chi connectivity index (χ4v) is 3.83. The van der Waals surface area contributed by atoms with Crippen molar-refractivity contribution in [2.75, 3.05) is 13.2 Å². The molecule has 4 rings (SSSR count). The lowest BCUT2D eigenvalue weighted by Gasteiger charge is -2.13. The van der Waals surface area contributed by atoms with Crippen LogP contribution in [0.1, 0.15) is 19.4 Å². The molecular weight excluding hydrogens is 360 g/mol. The topological polar surface area (TPSA) is 61.5 Å². The van der Waals surface area contributed by atoms with Crippen molar-refractivity contribution >= 4 is 16.3 Å². The number of benzene rings is 2. The molecule has 0 unspecified atom stereocenters. The fraction of sp³-hybridized carbons (Fsp3) is 0.250. The lowest BCUT2D eigenvalue weighted by molar-refractivity contribution is 0.289. The van der Waals surface area contributed by atoms with Gasteiger partial charge in [0.1, 0.15) is 0 Å². The summed E-state index contributed by atoms with van der Waals surface area (Å²) in [5.41, 5.74) is 3.05. The SMILES string of the molecule is CCOc1cccc(-c2nn3c(-c4ccccc4C)nnc3s2)c1OCC. The van der Waals surface area contributed by atoms with Gasteiger partial charge in [0.2, 0.25) is 4.96 Å². The van der Waals surface area contributed by atoms with E-state index in [2.05, 4.69) is 23.2 Å². The molecule has 0 fully saturated rings. The van der Waals surface area contributed by atoms with Gasteiger partial charge < -0.3 is 9.47 Å². The molecule has 2 heterocycles. The Morgan fingerprint density at radius 1 is 0.926 bits per heavy atom. The van der Waals surface area contributed by atoms with Gasteiger partial charge in [-0.05, 0) is 38.5 Å². The average Bonchev–Trinajstić information content (AvgIpc) is 3.25. The first-order chi connectivity index (χ1) is 13.2. The lowest BCUT2D eigenvalue weighted by atomic mass is 10.1. The van der Waals surface area contributed by atoms with Crippen molar-refractivity contribution in [3.05, 3.63) is 48.0 Å². The molecule has 2 aromatic heterocycles. The quantitative estimate of drug-likeness (QED) is 0.488. The summed E-state index contributed by atoms with van der Waals surface area (Å²) in [6.07, 6.45) is 0. The molecular formula is C20H20N4O2S. The Labute approximate surface area is 161 Å². The van der Waals surface area contributed by atoms with Gasteiger partial charge in [-0.25, -0.2) is 0 Å². The molecule has 0 saturated heterocycles. The highest BCUT2D eigenvalue weighted by atomic mass is 32.1. The summed E-state index contributed by atoms with van der Waals surface area (Å²) < 4.78 is 13.4. The van der Waals surface area contributed by atoms with E-state index in [1.54, 1.807) is 4.52 Å². The first kappa shape index (κ1) is 17.5. The highest BCUT2D eigenvalue weighted by Gasteiger charge is 2.19. The second-order valence-corrected chi connectivity index (χ2v) is 6.89. The van der Waals surface area contributed by atoms with Gasteiger partial charge in [-0.3, -0.25) is 0 Å². The van der Waals surface area contributed by atoms with E-state index < -0.39 is 0 Å². The van der Waals surface area contributed by atoms with Crippen LogP contribution in [0.2, 0.25) is 0 Å². The minimum absolute atomic E-state index is 0.551. The van der Waals surface area contributed by atoms with E-state index in [1.807, 2.05) is 50.2 Å². The fourth-order valence-electron chi connectivity index (χ4n) is 2.96. The molecule has 0 aliphatic carbocycles. The van der Waals surface area contributed by atoms with E-state index in [1.165, 1.54) is 11.3 Å². The molecule has 6 nitrogen and oxygen atoms in total. The second kappa shape index (κ2) is 7.36. The maximum atomic E-state index is 5.88. The van der Waals surface area contributed by atoms with Crippen LogP contribution in [0.25, 0.3) is 26.9 Å². The van der Waals surface area contributed by atoms with Crippen molar-refractivity contribution in [2.45, 2.75) is 20.8 Å². The summed E-state index contributed by atoms with van der Waals surface area (Å²) >= 11 is 1.48. The van der Waals surface area contributed by atoms with E-state index in [9.17, 15) is 0 Å². The van der Waals surface area contributed by atoms with Gasteiger partial charge in [0.25, 0.3) is 0 Å². The Bertz CT molecular complexity index is 1090. The number of nitrogens with zero attached hydrogens (tertiary/aromatic N) is 4. The van der Waals surface area contributed by atoms with Crippen LogP contribution >= 0.6 is 11.3 Å². The summed E-state index contributed by atoms with van der Waals surface area (Å²) in [6, 6.07) is 14.0. The molecule has 0 atom stereocenters. The zero-order valence-electron chi connectivity index (χ0n) is 15.5. The van der Waals surface area contributed by atoms with Gasteiger partial charge in [0.05, 0.1) is 18.8 Å². The molecule has 2 aromatic carbocycles. The highest BCUT2D eigenvalue weighted by molar-refractivity contribution is 7.19. The first-order valence-electron chi connectivity index (χ1n) is 8.90. The summed E-state index contributed by atoms with van der Waals surface area (Å²) in [7, 11) is 0. The third-order valence-corrected chi connectivity index (χ3v) is 5.11. The minimum atomic E-state index is 0.551. The van der Waals surface area contributed by atoms with Crippen LogP contribution in [0.4, 0.5) is 0 Å². The van der Waals surface area contributed by atoms with Gasteiger partial charge in [-0.1, -0.05) is 41.7 Å². The van der Waals surface area contributed by atoms with E-state index in [4.69, 9.17) is 14.6 Å². The Morgan fingerprint density at radius 3 is 2.48 bits per heavy atom. The number of aromatic nitrogens is 4. The molecule has 0 N–H and O–H groups in total. The molecule has 0 spiro atoms. The summed E-state index contributed by atoms with van der Waals surface area (Å²) in [4.78, 5) is 0.743. The standard InChI is InChI=1S/C20H20N4O2S/c1-4-25-16-12-8-11-15(17(16)26-5-2)19-23-24-18(21-22-20(24)27-19)14-10-7-6-9-13(14)3/h6-12H,4-5H2,1-3H3. The molecule has 0 amide bonds. The molecule has 0 aliphatic rings. The predicted molar refractivity (Wildman–Crippen MR) is 107 cm³/mol. The number of fused-ring (bicyclic) bond motifs is 1. The largest absolute Gasteiger partial charge is 0.490 e. The smallest absolute Gasteiger partial charge is 0.235 e. The van der Waals surface area contributed by atoms with Crippen LogP contribution in [-0.4, -0.2) is 33.0 Å². The van der Waals surface area contributed by atoms with E-state index >= 15 is 0 Å². The van der Waals surface area contributed by atoms with Gasteiger partial charge in [0.15, 0.2) is 22.3 Å². The van der Waals surface area contributed by atoms with Crippen molar-refractivity contribution in [3.63, 3.8) is 0 Å². The number of hydrogen-bond donors (Lipinski definition) is 0. The monoisotopic (exact) mass is 380 g/mol. The van der Waals surface area contributed by atoms with Gasteiger partial charge >= 0.3 is 0 Å². The third kappa shape index (κ3) is 3.14. The van der Waals surface area contributed by atoms with Crippen molar-refractivity contribution in [2.24, 2.45) is 0 Å². The van der Waals surface area contributed by atoms with E-state index in [0.29, 0.717) is 19.0 Å². The lowest BCUT2D eigenvalue weighted by Crippen LogP contribution is -2.00. The Hall–Kier alpha value is -2.93. The first-order valence-corrected chi connectivity index (χ1v) is 9.71. The number of hydrogen-bond acceptors (Lipinski definition) is 6. The van der Waals surface area contributed by atoms with E-state index in [0.717, 1.165) is 38.2 Å². The molecule has 0 aliphatic heterocycles. The van der Waals surface area contributed by atoms with Crippen LogP contribution in [0.3, 0.4) is 0 Å². The maximum Gasteiger partial charge on any atom is 0.235 e. The van der Waals surface area contributed by atoms with Crippen molar-refractivity contribution in [1.29, 1.82) is 0 Å². The number of rotatable bonds is 6. The van der Waals surface area contributed by atoms with E-state index in [-0.39, 0.29) is 0 Å². The Balaban J connectivity index is 1.85. The molecule has 0 saturated carbocycles. The third-order valence-electron chi connectivity index (χ3n) is 4.17. The zero-order valence-corrected chi connectivity index (χ0v) is 16.3. The Morgan fingerprint density at radius 2 is 1.70 bits per heavy atom. The van der Waals surface area contributed by atoms with Crippen LogP contribution in [-0.2, 0) is 0 Å². The van der Waals surface area contributed by atoms with Crippen LogP contribution in [0.15, 0.2) is 42.5 Å². The molecule has 0 bridgehead atoms. The normalized spacial score (nSPS) is 11.1. The van der Waals surface area contributed by atoms with Gasteiger partial charge in [-0.15, -0.1) is 10.2 Å². The van der Waals surface area contributed by atoms with Crippen LogP contribution in [0, 0.1) is 6.92 Å². The minimum Gasteiger partial charge on any atom is -0.490 e. The van der Waals surface area contributed by atoms with Crippen molar-refractivity contribution in [3.8, 4) is 33.5 Å². The molecule has 4 aromatic rings. The number of para-hydroxylation sites is 1. The number of aryl methyl sites for hydroxylation is 1. The van der Waals surface area contributed by atoms with Crippen LogP contribution in [0.5, 0.6) is 11.5 Å².